The Bertz CT molecular complexity index is 706. The summed E-state index contributed by atoms with van der Waals surface area (Å²) in [5, 5.41) is 0. The van der Waals surface area contributed by atoms with E-state index in [0.717, 1.165) is 37.6 Å². The van der Waals surface area contributed by atoms with Crippen molar-refractivity contribution in [3.05, 3.63) is 42.5 Å². The van der Waals surface area contributed by atoms with Crippen molar-refractivity contribution < 1.29 is 14.2 Å². The van der Waals surface area contributed by atoms with Gasteiger partial charge < -0.3 is 19.1 Å². The van der Waals surface area contributed by atoms with Gasteiger partial charge in [-0.3, -0.25) is 4.98 Å². The molecule has 2 fully saturated rings. The van der Waals surface area contributed by atoms with Crippen molar-refractivity contribution in [2.24, 2.45) is 5.92 Å². The summed E-state index contributed by atoms with van der Waals surface area (Å²) >= 11 is 0. The molecule has 1 atom stereocenters. The molecule has 25 heavy (non-hydrogen) atoms. The van der Waals surface area contributed by atoms with Crippen molar-refractivity contribution in [1.82, 2.24) is 15.0 Å². The van der Waals surface area contributed by atoms with Crippen LogP contribution in [0.5, 0.6) is 5.88 Å². The molecule has 0 aliphatic carbocycles. The fraction of sp³-hybridized carbons (Fsp3) is 0.500. The fourth-order valence-electron chi connectivity index (χ4n) is 3.54. The van der Waals surface area contributed by atoms with Crippen LogP contribution in [0, 0.1) is 5.92 Å². The van der Waals surface area contributed by atoms with Gasteiger partial charge in [0, 0.05) is 24.8 Å². The molecule has 0 aromatic carbocycles. The van der Waals surface area contributed by atoms with E-state index in [-0.39, 0.29) is 5.60 Å². The highest BCUT2D eigenvalue weighted by molar-refractivity contribution is 5.46. The first-order valence-electron chi connectivity index (χ1n) is 8.52. The lowest BCUT2D eigenvalue weighted by atomic mass is 9.81. The number of nitrogens with zero attached hydrogens (tertiary/aromatic N) is 4. The lowest BCUT2D eigenvalue weighted by molar-refractivity contribution is -0.0657. The molecule has 1 spiro atoms. The molecule has 2 aromatic heterocycles. The van der Waals surface area contributed by atoms with Crippen LogP contribution >= 0.6 is 0 Å². The number of pyridine rings is 1. The molecule has 2 saturated heterocycles. The normalized spacial score (nSPS) is 21.3. The second-order valence-corrected chi connectivity index (χ2v) is 6.51. The largest absolute Gasteiger partial charge is 0.481 e. The van der Waals surface area contributed by atoms with Crippen molar-refractivity contribution in [3.63, 3.8) is 0 Å². The molecule has 2 aromatic rings. The monoisotopic (exact) mass is 342 g/mol. The van der Waals surface area contributed by atoms with Crippen LogP contribution in [-0.4, -0.2) is 54.0 Å². The predicted molar refractivity (Wildman–Crippen MR) is 91.5 cm³/mol. The van der Waals surface area contributed by atoms with Gasteiger partial charge in [0.2, 0.25) is 5.88 Å². The molecule has 1 unspecified atom stereocenters. The Labute approximate surface area is 147 Å². The van der Waals surface area contributed by atoms with Gasteiger partial charge in [-0.05, 0) is 18.6 Å². The van der Waals surface area contributed by atoms with E-state index in [1.165, 1.54) is 6.33 Å². The van der Waals surface area contributed by atoms with Crippen LogP contribution in [0.15, 0.2) is 36.8 Å². The van der Waals surface area contributed by atoms with Gasteiger partial charge in [0.25, 0.3) is 0 Å². The molecule has 0 saturated carbocycles. The number of aromatic nitrogens is 3. The van der Waals surface area contributed by atoms with E-state index in [0.29, 0.717) is 25.0 Å². The second kappa shape index (κ2) is 6.93. The van der Waals surface area contributed by atoms with Crippen LogP contribution in [0.1, 0.15) is 12.1 Å². The zero-order chi connectivity index (χ0) is 17.1. The average Bonchev–Trinajstić information content (AvgIpc) is 3.05. The summed E-state index contributed by atoms with van der Waals surface area (Å²) in [6.45, 7) is 3.67. The Morgan fingerprint density at radius 1 is 1.28 bits per heavy atom. The SMILES string of the molecule is COc1cc(N2CC3(C2)OCCC3COCc2ccccn2)ncn1. The Morgan fingerprint density at radius 3 is 3.00 bits per heavy atom. The minimum Gasteiger partial charge on any atom is -0.481 e. The second-order valence-electron chi connectivity index (χ2n) is 6.51. The highest BCUT2D eigenvalue weighted by Crippen LogP contribution is 2.41. The van der Waals surface area contributed by atoms with Crippen LogP contribution in [0.4, 0.5) is 5.82 Å². The van der Waals surface area contributed by atoms with E-state index < -0.39 is 0 Å². The van der Waals surface area contributed by atoms with Crippen molar-refractivity contribution in [2.45, 2.75) is 18.6 Å². The maximum atomic E-state index is 6.09. The summed E-state index contributed by atoms with van der Waals surface area (Å²) in [4.78, 5) is 14.9. The van der Waals surface area contributed by atoms with Gasteiger partial charge in [0.15, 0.2) is 0 Å². The highest BCUT2D eigenvalue weighted by Gasteiger charge is 2.53. The van der Waals surface area contributed by atoms with E-state index in [2.05, 4.69) is 19.9 Å². The van der Waals surface area contributed by atoms with E-state index in [1.54, 1.807) is 13.3 Å². The minimum atomic E-state index is -0.123. The topological polar surface area (TPSA) is 69.6 Å². The third kappa shape index (κ3) is 3.29. The smallest absolute Gasteiger partial charge is 0.218 e. The molecule has 2 aliphatic heterocycles. The zero-order valence-corrected chi connectivity index (χ0v) is 14.3. The van der Waals surface area contributed by atoms with Crippen molar-refractivity contribution in [2.75, 3.05) is 38.3 Å². The molecule has 132 valence electrons. The highest BCUT2D eigenvalue weighted by atomic mass is 16.5. The number of hydrogen-bond donors (Lipinski definition) is 0. The quantitative estimate of drug-likeness (QED) is 0.791. The fourth-order valence-corrected chi connectivity index (χ4v) is 3.54. The minimum absolute atomic E-state index is 0.123. The van der Waals surface area contributed by atoms with Gasteiger partial charge in [-0.1, -0.05) is 6.07 Å². The Morgan fingerprint density at radius 2 is 2.20 bits per heavy atom. The molecule has 4 heterocycles. The zero-order valence-electron chi connectivity index (χ0n) is 14.3. The molecule has 0 bridgehead atoms. The van der Waals surface area contributed by atoms with Crippen LogP contribution < -0.4 is 9.64 Å². The standard InChI is InChI=1S/C18H22N4O3/c1-23-17-8-16(20-13-21-17)22-11-18(12-22)14(5-7-25-18)9-24-10-15-4-2-3-6-19-15/h2-4,6,8,13-14H,5,7,9-12H2,1H3. The van der Waals surface area contributed by atoms with Crippen LogP contribution in [0.2, 0.25) is 0 Å². The van der Waals surface area contributed by atoms with E-state index in [4.69, 9.17) is 14.2 Å². The maximum absolute atomic E-state index is 6.09. The number of ether oxygens (including phenoxy) is 3. The van der Waals surface area contributed by atoms with E-state index in [9.17, 15) is 0 Å². The van der Waals surface area contributed by atoms with Gasteiger partial charge in [0.1, 0.15) is 17.7 Å². The van der Waals surface area contributed by atoms with Crippen molar-refractivity contribution in [1.29, 1.82) is 0 Å². The van der Waals surface area contributed by atoms with Gasteiger partial charge >= 0.3 is 0 Å². The third-order valence-corrected chi connectivity index (χ3v) is 4.97. The average molecular weight is 342 g/mol. The molecule has 0 amide bonds. The van der Waals surface area contributed by atoms with Gasteiger partial charge in [-0.15, -0.1) is 0 Å². The lowest BCUT2D eigenvalue weighted by Gasteiger charge is -2.50. The van der Waals surface area contributed by atoms with Crippen molar-refractivity contribution in [3.8, 4) is 5.88 Å². The first kappa shape index (κ1) is 16.2. The van der Waals surface area contributed by atoms with Crippen LogP contribution in [0.3, 0.4) is 0 Å². The summed E-state index contributed by atoms with van der Waals surface area (Å²) in [7, 11) is 1.61. The van der Waals surface area contributed by atoms with E-state index in [1.807, 2.05) is 24.3 Å². The lowest BCUT2D eigenvalue weighted by Crippen LogP contribution is -2.65. The summed E-state index contributed by atoms with van der Waals surface area (Å²) < 4.78 is 17.2. The number of rotatable bonds is 6. The molecule has 0 N–H and O–H groups in total. The number of hydrogen-bond acceptors (Lipinski definition) is 7. The van der Waals surface area contributed by atoms with E-state index >= 15 is 0 Å². The molecule has 7 nitrogen and oxygen atoms in total. The maximum Gasteiger partial charge on any atom is 0.218 e. The summed E-state index contributed by atoms with van der Waals surface area (Å²) in [5.41, 5.74) is 0.834. The Balaban J connectivity index is 1.33. The molecule has 7 heteroatoms. The third-order valence-electron chi connectivity index (χ3n) is 4.97. The molecular weight excluding hydrogens is 320 g/mol. The molecule has 2 aliphatic rings. The van der Waals surface area contributed by atoms with Crippen LogP contribution in [-0.2, 0) is 16.1 Å². The van der Waals surface area contributed by atoms with Crippen LogP contribution in [0.25, 0.3) is 0 Å². The first-order chi connectivity index (χ1) is 12.3. The van der Waals surface area contributed by atoms with Gasteiger partial charge in [-0.2, -0.15) is 0 Å². The Hall–Kier alpha value is -2.25. The first-order valence-corrected chi connectivity index (χ1v) is 8.52. The van der Waals surface area contributed by atoms with Gasteiger partial charge in [0.05, 0.1) is 39.1 Å². The summed E-state index contributed by atoms with van der Waals surface area (Å²) in [6.07, 6.45) is 4.35. The number of methoxy groups -OCH3 is 1. The summed E-state index contributed by atoms with van der Waals surface area (Å²) in [6, 6.07) is 7.73. The predicted octanol–water partition coefficient (Wildman–Crippen LogP) is 1.69. The molecular formula is C18H22N4O3. The Kier molecular flexibility index (Phi) is 4.50. The van der Waals surface area contributed by atoms with Crippen molar-refractivity contribution >= 4 is 5.82 Å². The summed E-state index contributed by atoms with van der Waals surface area (Å²) in [5.74, 6) is 1.85. The number of anilines is 1. The molecule has 0 radical (unpaired) electrons. The van der Waals surface area contributed by atoms with Gasteiger partial charge in [-0.25, -0.2) is 9.97 Å². The molecule has 4 rings (SSSR count).